The Hall–Kier alpha value is -2.25. The molecule has 2 rings (SSSR count). The van der Waals surface area contributed by atoms with Gasteiger partial charge in [0.25, 0.3) is 15.8 Å². The third-order valence-corrected chi connectivity index (χ3v) is 3.14. The number of nitrogens with zero attached hydrogens (tertiary/aromatic N) is 1. The third-order valence-electron chi connectivity index (χ3n) is 2.47. The van der Waals surface area contributed by atoms with E-state index in [-0.39, 0.29) is 11.3 Å². The summed E-state index contributed by atoms with van der Waals surface area (Å²) in [7, 11) is -4.24. The van der Waals surface area contributed by atoms with E-state index >= 15 is 0 Å². The zero-order valence-corrected chi connectivity index (χ0v) is 12.2. The van der Waals surface area contributed by atoms with Crippen LogP contribution >= 0.6 is 0 Å². The normalized spacial score (nSPS) is 10.4. The van der Waals surface area contributed by atoms with Gasteiger partial charge in [-0.2, -0.15) is 8.42 Å². The van der Waals surface area contributed by atoms with Crippen molar-refractivity contribution >= 4 is 15.8 Å². The minimum Gasteiger partial charge on any atom is -0.285 e. The molecule has 0 aliphatic heterocycles. The molecule has 0 amide bonds. The number of rotatable bonds is 3. The maximum Gasteiger partial charge on any atom is 0.273 e. The van der Waals surface area contributed by atoms with Gasteiger partial charge in [0, 0.05) is 11.6 Å². The molecule has 0 fully saturated rings. The molecule has 0 spiro atoms. The highest BCUT2D eigenvalue weighted by molar-refractivity contribution is 7.85. The van der Waals surface area contributed by atoms with Crippen molar-refractivity contribution in [3.63, 3.8) is 0 Å². The van der Waals surface area contributed by atoms with Crippen molar-refractivity contribution in [2.45, 2.75) is 12.7 Å². The van der Waals surface area contributed by atoms with Crippen molar-refractivity contribution in [1.82, 2.24) is 0 Å². The molecule has 0 heterocycles. The summed E-state index contributed by atoms with van der Waals surface area (Å²) in [5.41, 5.74) is 0.979. The van der Waals surface area contributed by atoms with Gasteiger partial charge in [-0.15, -0.1) is 0 Å². The first-order valence-corrected chi connectivity index (χ1v) is 7.59. The van der Waals surface area contributed by atoms with Gasteiger partial charge in [-0.3, -0.25) is 14.7 Å². The van der Waals surface area contributed by atoms with E-state index in [0.29, 0.717) is 0 Å². The Balaban J connectivity index is 0.000000262. The summed E-state index contributed by atoms with van der Waals surface area (Å²) in [6.45, 7) is 2.08. The Morgan fingerprint density at radius 1 is 1.05 bits per heavy atom. The molecule has 6 nitrogen and oxygen atoms in total. The zero-order valence-electron chi connectivity index (χ0n) is 11.3. The van der Waals surface area contributed by atoms with Crippen molar-refractivity contribution in [2.75, 3.05) is 0 Å². The number of benzene rings is 2. The topological polar surface area (TPSA) is 97.5 Å². The lowest BCUT2D eigenvalue weighted by Gasteiger charge is -1.99. The quantitative estimate of drug-likeness (QED) is 0.534. The maximum atomic E-state index is 10.5. The molecule has 21 heavy (non-hydrogen) atoms. The van der Waals surface area contributed by atoms with Crippen molar-refractivity contribution in [3.8, 4) is 0 Å². The SMILES string of the molecule is Cc1ccccc1.O=[N+]([O-])c1ccccc1CS(=O)(=O)O. The molecule has 0 saturated heterocycles. The number of hydrogen-bond donors (Lipinski definition) is 1. The standard InChI is InChI=1S/C7H7NO5S.C7H8/c9-8(10)7-4-2-1-3-6(7)5-14(11,12)13;1-7-5-3-2-4-6-7/h1-4H,5H2,(H,11,12,13);2-6H,1H3. The fourth-order valence-electron chi connectivity index (χ4n) is 1.54. The van der Waals surface area contributed by atoms with Crippen LogP contribution in [0.5, 0.6) is 0 Å². The second-order valence-electron chi connectivity index (χ2n) is 4.27. The van der Waals surface area contributed by atoms with E-state index in [1.54, 1.807) is 0 Å². The molecule has 0 saturated carbocycles. The Kier molecular flexibility index (Phi) is 6.01. The first-order chi connectivity index (χ1) is 9.79. The van der Waals surface area contributed by atoms with Crippen LogP contribution in [0, 0.1) is 17.0 Å². The summed E-state index contributed by atoms with van der Waals surface area (Å²) in [4.78, 5) is 9.74. The second-order valence-corrected chi connectivity index (χ2v) is 5.72. The molecule has 0 bridgehead atoms. The lowest BCUT2D eigenvalue weighted by molar-refractivity contribution is -0.385. The predicted octanol–water partition coefficient (Wildman–Crippen LogP) is 2.98. The summed E-state index contributed by atoms with van der Waals surface area (Å²) < 4.78 is 29.5. The Bertz CT molecular complexity index is 698. The van der Waals surface area contributed by atoms with Crippen molar-refractivity contribution < 1.29 is 17.9 Å². The fourth-order valence-corrected chi connectivity index (χ4v) is 2.18. The molecule has 0 aromatic heterocycles. The van der Waals surface area contributed by atoms with E-state index in [2.05, 4.69) is 19.1 Å². The first-order valence-electron chi connectivity index (χ1n) is 5.98. The van der Waals surface area contributed by atoms with Crippen molar-refractivity contribution in [2.24, 2.45) is 0 Å². The van der Waals surface area contributed by atoms with Gasteiger partial charge in [0.1, 0.15) is 5.75 Å². The van der Waals surface area contributed by atoms with Crippen LogP contribution in [-0.2, 0) is 15.9 Å². The minimum atomic E-state index is -4.24. The van der Waals surface area contributed by atoms with Crippen LogP contribution in [0.2, 0.25) is 0 Å². The molecule has 2 aromatic carbocycles. The van der Waals surface area contributed by atoms with Gasteiger partial charge in [0.2, 0.25) is 0 Å². The highest BCUT2D eigenvalue weighted by Gasteiger charge is 2.17. The molecule has 0 radical (unpaired) electrons. The first kappa shape index (κ1) is 16.8. The second kappa shape index (κ2) is 7.51. The summed E-state index contributed by atoms with van der Waals surface area (Å²) in [5, 5.41) is 10.4. The molecule has 0 unspecified atom stereocenters. The van der Waals surface area contributed by atoms with E-state index in [9.17, 15) is 18.5 Å². The van der Waals surface area contributed by atoms with Crippen molar-refractivity contribution in [3.05, 3.63) is 75.8 Å². The summed E-state index contributed by atoms with van der Waals surface area (Å²) >= 11 is 0. The molecule has 0 aliphatic carbocycles. The Morgan fingerprint density at radius 2 is 1.57 bits per heavy atom. The third kappa shape index (κ3) is 6.64. The van der Waals surface area contributed by atoms with Crippen LogP contribution in [0.15, 0.2) is 54.6 Å². The van der Waals surface area contributed by atoms with Crippen LogP contribution in [0.25, 0.3) is 0 Å². The predicted molar refractivity (Wildman–Crippen MR) is 79.5 cm³/mol. The molecule has 0 aliphatic rings. The molecule has 7 heteroatoms. The summed E-state index contributed by atoms with van der Waals surface area (Å²) in [5.74, 6) is -0.746. The monoisotopic (exact) mass is 309 g/mol. The molecule has 2 aromatic rings. The lowest BCUT2D eigenvalue weighted by Crippen LogP contribution is -2.04. The molecule has 112 valence electrons. The van der Waals surface area contributed by atoms with Gasteiger partial charge in [0.05, 0.1) is 4.92 Å². The summed E-state index contributed by atoms with van der Waals surface area (Å²) in [6, 6.07) is 15.6. The Morgan fingerprint density at radius 3 is 2.00 bits per heavy atom. The van der Waals surface area contributed by atoms with Crippen molar-refractivity contribution in [1.29, 1.82) is 0 Å². The largest absolute Gasteiger partial charge is 0.285 e. The van der Waals surface area contributed by atoms with Crippen LogP contribution in [0.4, 0.5) is 5.69 Å². The van der Waals surface area contributed by atoms with Gasteiger partial charge in [-0.25, -0.2) is 0 Å². The highest BCUT2D eigenvalue weighted by Crippen LogP contribution is 2.19. The number of nitro benzene ring substituents is 1. The van der Waals surface area contributed by atoms with Gasteiger partial charge in [-0.1, -0.05) is 54.1 Å². The van der Waals surface area contributed by atoms with Gasteiger partial charge in [-0.05, 0) is 6.92 Å². The molecular formula is C14H15NO5S. The van der Waals surface area contributed by atoms with Crippen LogP contribution in [-0.4, -0.2) is 17.9 Å². The number of para-hydroxylation sites is 1. The van der Waals surface area contributed by atoms with Crippen LogP contribution in [0.3, 0.4) is 0 Å². The average molecular weight is 309 g/mol. The van der Waals surface area contributed by atoms with Gasteiger partial charge < -0.3 is 0 Å². The molecular weight excluding hydrogens is 294 g/mol. The number of hydrogen-bond acceptors (Lipinski definition) is 4. The zero-order chi connectivity index (χ0) is 15.9. The van der Waals surface area contributed by atoms with E-state index in [0.717, 1.165) is 0 Å². The van der Waals surface area contributed by atoms with Crippen LogP contribution < -0.4 is 0 Å². The number of nitro groups is 1. The van der Waals surface area contributed by atoms with Gasteiger partial charge >= 0.3 is 0 Å². The molecule has 0 atom stereocenters. The maximum absolute atomic E-state index is 10.5. The Labute approximate surface area is 123 Å². The van der Waals surface area contributed by atoms with E-state index < -0.39 is 20.8 Å². The van der Waals surface area contributed by atoms with Gasteiger partial charge in [0.15, 0.2) is 0 Å². The lowest BCUT2D eigenvalue weighted by atomic mass is 10.2. The van der Waals surface area contributed by atoms with E-state index in [1.807, 2.05) is 18.2 Å². The average Bonchev–Trinajstić information content (AvgIpc) is 2.39. The smallest absolute Gasteiger partial charge is 0.273 e. The minimum absolute atomic E-state index is 0.0278. The summed E-state index contributed by atoms with van der Waals surface area (Å²) in [6.07, 6.45) is 0. The van der Waals surface area contributed by atoms with E-state index in [4.69, 9.17) is 4.55 Å². The van der Waals surface area contributed by atoms with Crippen LogP contribution in [0.1, 0.15) is 11.1 Å². The fraction of sp³-hybridized carbons (Fsp3) is 0.143. The number of aryl methyl sites for hydroxylation is 1. The molecule has 1 N–H and O–H groups in total. The van der Waals surface area contributed by atoms with E-state index in [1.165, 1.54) is 29.8 Å². The highest BCUT2D eigenvalue weighted by atomic mass is 32.2.